The molecule has 0 radical (unpaired) electrons. The summed E-state index contributed by atoms with van der Waals surface area (Å²) in [7, 11) is 1.62. The van der Waals surface area contributed by atoms with Gasteiger partial charge in [-0.15, -0.1) is 5.10 Å². The highest BCUT2D eigenvalue weighted by molar-refractivity contribution is 5.39. The maximum atomic E-state index is 5.46. The molecule has 1 heterocycles. The fourth-order valence-corrected chi connectivity index (χ4v) is 1.16. The lowest BCUT2D eigenvalue weighted by Gasteiger charge is -2.02. The van der Waals surface area contributed by atoms with Crippen molar-refractivity contribution in [2.75, 3.05) is 12.8 Å². The highest BCUT2D eigenvalue weighted by Crippen LogP contribution is 2.15. The first-order valence-corrected chi connectivity index (χ1v) is 4.12. The first-order chi connectivity index (χ1) is 6.79. The lowest BCUT2D eigenvalue weighted by Crippen LogP contribution is -1.95. The number of nitrogen functional groups attached to an aromatic ring is 1. The van der Waals surface area contributed by atoms with Gasteiger partial charge in [-0.05, 0) is 12.1 Å². The van der Waals surface area contributed by atoms with Gasteiger partial charge in [0.05, 0.1) is 19.0 Å². The van der Waals surface area contributed by atoms with Gasteiger partial charge in [-0.1, -0.05) is 11.3 Å². The number of rotatable bonds is 2. The fraction of sp³-hybridized carbons (Fsp3) is 0.111. The Hall–Kier alpha value is -2.04. The van der Waals surface area contributed by atoms with Crippen molar-refractivity contribution in [3.8, 4) is 11.4 Å². The standard InChI is InChI=1S/C9H10N4O/c1-14-8-4-2-3-7(5-8)13-6-9(10)11-12-13/h2-6H,10H2,1H3. The normalized spacial score (nSPS) is 10.1. The highest BCUT2D eigenvalue weighted by atomic mass is 16.5. The Morgan fingerprint density at radius 2 is 2.29 bits per heavy atom. The molecule has 72 valence electrons. The van der Waals surface area contributed by atoms with E-state index < -0.39 is 0 Å². The van der Waals surface area contributed by atoms with Crippen LogP contribution in [-0.2, 0) is 0 Å². The maximum Gasteiger partial charge on any atom is 0.166 e. The molecule has 14 heavy (non-hydrogen) atoms. The van der Waals surface area contributed by atoms with Gasteiger partial charge < -0.3 is 10.5 Å². The van der Waals surface area contributed by atoms with E-state index in [1.807, 2.05) is 24.3 Å². The van der Waals surface area contributed by atoms with Crippen LogP contribution in [0.3, 0.4) is 0 Å². The molecule has 0 amide bonds. The molecule has 0 atom stereocenters. The van der Waals surface area contributed by atoms with E-state index in [4.69, 9.17) is 10.5 Å². The zero-order valence-corrected chi connectivity index (χ0v) is 7.71. The predicted molar refractivity (Wildman–Crippen MR) is 52.3 cm³/mol. The van der Waals surface area contributed by atoms with Crippen LogP contribution >= 0.6 is 0 Å². The van der Waals surface area contributed by atoms with Crippen molar-refractivity contribution >= 4 is 5.82 Å². The van der Waals surface area contributed by atoms with Crippen LogP contribution in [0.5, 0.6) is 5.75 Å². The molecule has 0 bridgehead atoms. The molecule has 5 nitrogen and oxygen atoms in total. The molecule has 2 N–H and O–H groups in total. The van der Waals surface area contributed by atoms with Gasteiger partial charge in [0.15, 0.2) is 5.82 Å². The summed E-state index contributed by atoms with van der Waals surface area (Å²) in [6.45, 7) is 0. The van der Waals surface area contributed by atoms with Crippen LogP contribution in [0.15, 0.2) is 30.5 Å². The van der Waals surface area contributed by atoms with E-state index in [0.29, 0.717) is 5.82 Å². The molecule has 0 spiro atoms. The SMILES string of the molecule is COc1cccc(-n2cc(N)nn2)c1. The molecule has 1 aromatic heterocycles. The Bertz CT molecular complexity index is 438. The molecule has 0 saturated carbocycles. The number of benzene rings is 1. The third-order valence-electron chi connectivity index (χ3n) is 1.83. The summed E-state index contributed by atoms with van der Waals surface area (Å²) in [6, 6.07) is 7.50. The van der Waals surface area contributed by atoms with Gasteiger partial charge in [0.1, 0.15) is 5.75 Å². The van der Waals surface area contributed by atoms with Gasteiger partial charge in [0.2, 0.25) is 0 Å². The quantitative estimate of drug-likeness (QED) is 0.762. The number of ether oxygens (including phenoxy) is 1. The van der Waals surface area contributed by atoms with Crippen molar-refractivity contribution in [3.63, 3.8) is 0 Å². The largest absolute Gasteiger partial charge is 0.497 e. The van der Waals surface area contributed by atoms with E-state index in [1.54, 1.807) is 18.0 Å². The van der Waals surface area contributed by atoms with E-state index in [-0.39, 0.29) is 0 Å². The van der Waals surface area contributed by atoms with E-state index in [2.05, 4.69) is 10.3 Å². The number of aromatic nitrogens is 3. The molecular weight excluding hydrogens is 180 g/mol. The second kappa shape index (κ2) is 3.37. The number of hydrogen-bond acceptors (Lipinski definition) is 4. The average molecular weight is 190 g/mol. The summed E-state index contributed by atoms with van der Waals surface area (Å²) in [5.74, 6) is 1.17. The summed E-state index contributed by atoms with van der Waals surface area (Å²) in [5, 5.41) is 7.55. The lowest BCUT2D eigenvalue weighted by atomic mass is 10.3. The minimum Gasteiger partial charge on any atom is -0.497 e. The van der Waals surface area contributed by atoms with E-state index in [1.165, 1.54) is 0 Å². The zero-order chi connectivity index (χ0) is 9.97. The molecular formula is C9H10N4O. The molecule has 0 aliphatic carbocycles. The molecule has 0 fully saturated rings. The van der Waals surface area contributed by atoms with Gasteiger partial charge >= 0.3 is 0 Å². The maximum absolute atomic E-state index is 5.46. The molecule has 0 saturated heterocycles. The Kier molecular flexibility index (Phi) is 2.06. The summed E-state index contributed by atoms with van der Waals surface area (Å²) in [6.07, 6.45) is 1.65. The van der Waals surface area contributed by atoms with Crippen LogP contribution in [0.2, 0.25) is 0 Å². The summed E-state index contributed by atoms with van der Waals surface area (Å²) < 4.78 is 6.69. The number of hydrogen-bond donors (Lipinski definition) is 1. The molecule has 0 aliphatic rings. The monoisotopic (exact) mass is 190 g/mol. The Morgan fingerprint density at radius 3 is 2.93 bits per heavy atom. The third kappa shape index (κ3) is 1.52. The molecule has 0 aliphatic heterocycles. The van der Waals surface area contributed by atoms with Crippen molar-refractivity contribution < 1.29 is 4.74 Å². The van der Waals surface area contributed by atoms with Crippen molar-refractivity contribution in [2.24, 2.45) is 0 Å². The van der Waals surface area contributed by atoms with Gasteiger partial charge in [0.25, 0.3) is 0 Å². The number of nitrogens with zero attached hydrogens (tertiary/aromatic N) is 3. The van der Waals surface area contributed by atoms with Crippen LogP contribution in [-0.4, -0.2) is 22.1 Å². The minimum atomic E-state index is 0.396. The van der Waals surface area contributed by atoms with Gasteiger partial charge in [0, 0.05) is 6.07 Å². The first kappa shape index (κ1) is 8.55. The number of nitrogens with two attached hydrogens (primary N) is 1. The lowest BCUT2D eigenvalue weighted by molar-refractivity contribution is 0.414. The van der Waals surface area contributed by atoms with Crippen LogP contribution < -0.4 is 10.5 Å². The van der Waals surface area contributed by atoms with Crippen molar-refractivity contribution in [2.45, 2.75) is 0 Å². The predicted octanol–water partition coefficient (Wildman–Crippen LogP) is 0.858. The van der Waals surface area contributed by atoms with E-state index in [0.717, 1.165) is 11.4 Å². The van der Waals surface area contributed by atoms with E-state index >= 15 is 0 Å². The van der Waals surface area contributed by atoms with Crippen molar-refractivity contribution in [3.05, 3.63) is 30.5 Å². The van der Waals surface area contributed by atoms with Crippen LogP contribution in [0.25, 0.3) is 5.69 Å². The molecule has 5 heteroatoms. The fourth-order valence-electron chi connectivity index (χ4n) is 1.16. The minimum absolute atomic E-state index is 0.396. The summed E-state index contributed by atoms with van der Waals surface area (Å²) in [4.78, 5) is 0. The van der Waals surface area contributed by atoms with Gasteiger partial charge in [-0.2, -0.15) is 0 Å². The smallest absolute Gasteiger partial charge is 0.166 e. The second-order valence-electron chi connectivity index (χ2n) is 2.79. The molecule has 1 aromatic carbocycles. The summed E-state index contributed by atoms with van der Waals surface area (Å²) in [5.41, 5.74) is 6.33. The number of anilines is 1. The van der Waals surface area contributed by atoms with Crippen LogP contribution in [0.1, 0.15) is 0 Å². The molecule has 0 unspecified atom stereocenters. The Labute approximate surface area is 81.1 Å². The molecule has 2 rings (SSSR count). The van der Waals surface area contributed by atoms with E-state index in [9.17, 15) is 0 Å². The first-order valence-electron chi connectivity index (χ1n) is 4.12. The average Bonchev–Trinajstić information content (AvgIpc) is 2.65. The summed E-state index contributed by atoms with van der Waals surface area (Å²) >= 11 is 0. The van der Waals surface area contributed by atoms with Crippen molar-refractivity contribution in [1.29, 1.82) is 0 Å². The second-order valence-corrected chi connectivity index (χ2v) is 2.79. The van der Waals surface area contributed by atoms with Crippen molar-refractivity contribution in [1.82, 2.24) is 15.0 Å². The van der Waals surface area contributed by atoms with Gasteiger partial charge in [-0.3, -0.25) is 0 Å². The Morgan fingerprint density at radius 1 is 1.43 bits per heavy atom. The molecule has 2 aromatic rings. The van der Waals surface area contributed by atoms with Gasteiger partial charge in [-0.25, -0.2) is 4.68 Å². The third-order valence-corrected chi connectivity index (χ3v) is 1.83. The zero-order valence-electron chi connectivity index (χ0n) is 7.71. The van der Waals surface area contributed by atoms with Crippen LogP contribution in [0.4, 0.5) is 5.82 Å². The van der Waals surface area contributed by atoms with Crippen LogP contribution in [0, 0.1) is 0 Å². The topological polar surface area (TPSA) is 66.0 Å². The highest BCUT2D eigenvalue weighted by Gasteiger charge is 2.00. The number of methoxy groups -OCH3 is 1. The Balaban J connectivity index is 2.41.